The molecule has 0 unspecified atom stereocenters. The Morgan fingerprint density at radius 1 is 0.905 bits per heavy atom. The van der Waals surface area contributed by atoms with Crippen molar-refractivity contribution in [1.29, 1.82) is 0 Å². The molecule has 0 fully saturated rings. The molecule has 0 spiro atoms. The summed E-state index contributed by atoms with van der Waals surface area (Å²) in [5.41, 5.74) is -1.13. The van der Waals surface area contributed by atoms with Gasteiger partial charge in [-0.1, -0.05) is 74.5 Å². The number of hydrogen-bond acceptors (Lipinski definition) is 1. The molecule has 21 heavy (non-hydrogen) atoms. The van der Waals surface area contributed by atoms with Gasteiger partial charge in [0.15, 0.2) is 0 Å². The maximum Gasteiger partial charge on any atom is 0.245 e. The van der Waals surface area contributed by atoms with Crippen LogP contribution < -0.4 is 10.4 Å². The van der Waals surface area contributed by atoms with Crippen molar-refractivity contribution in [3.8, 4) is 0 Å². The van der Waals surface area contributed by atoms with Crippen molar-refractivity contribution in [3.05, 3.63) is 60.7 Å². The predicted molar refractivity (Wildman–Crippen MR) is 85.0 cm³/mol. The van der Waals surface area contributed by atoms with Gasteiger partial charge in [0, 0.05) is 12.0 Å². The van der Waals surface area contributed by atoms with Gasteiger partial charge in [-0.3, -0.25) is 0 Å². The van der Waals surface area contributed by atoms with Gasteiger partial charge in [-0.05, 0) is 10.4 Å². The van der Waals surface area contributed by atoms with Crippen LogP contribution in [0, 0.1) is 5.41 Å². The summed E-state index contributed by atoms with van der Waals surface area (Å²) in [6.07, 6.45) is -2.39. The second-order valence-corrected chi connectivity index (χ2v) is 8.23. The molecule has 0 aliphatic heterocycles. The van der Waals surface area contributed by atoms with E-state index in [0.29, 0.717) is 0 Å². The molecule has 0 aliphatic carbocycles. The Morgan fingerprint density at radius 2 is 1.33 bits per heavy atom. The summed E-state index contributed by atoms with van der Waals surface area (Å²) in [6.45, 7) is 3.14. The highest BCUT2D eigenvalue weighted by Gasteiger charge is 2.31. The van der Waals surface area contributed by atoms with Crippen molar-refractivity contribution >= 4 is 19.4 Å². The minimum Gasteiger partial charge on any atom is -0.410 e. The highest BCUT2D eigenvalue weighted by Crippen LogP contribution is 2.25. The van der Waals surface area contributed by atoms with Crippen LogP contribution in [0.15, 0.2) is 60.7 Å². The fraction of sp³-hybridized carbons (Fsp3) is 0.294. The summed E-state index contributed by atoms with van der Waals surface area (Å²) in [5.74, 6) is 0. The van der Waals surface area contributed by atoms with Gasteiger partial charge in [0.1, 0.15) is 0 Å². The summed E-state index contributed by atoms with van der Waals surface area (Å²) >= 11 is 0. The number of hydrogen-bond donors (Lipinski definition) is 0. The van der Waals surface area contributed by atoms with Crippen LogP contribution in [0.25, 0.3) is 0 Å². The van der Waals surface area contributed by atoms with E-state index in [4.69, 9.17) is 4.43 Å². The topological polar surface area (TPSA) is 9.23 Å². The average molecular weight is 306 g/mol. The third-order valence-corrected chi connectivity index (χ3v) is 5.90. The Kier molecular flexibility index (Phi) is 5.26. The van der Waals surface area contributed by atoms with Crippen LogP contribution in [0.2, 0.25) is 0 Å². The summed E-state index contributed by atoms with van der Waals surface area (Å²) in [7, 11) is -1.92. The Hall–Kier alpha value is -1.52. The Labute approximate surface area is 126 Å². The summed E-state index contributed by atoms with van der Waals surface area (Å²) in [5, 5.41) is 2.21. The monoisotopic (exact) mass is 306 g/mol. The third kappa shape index (κ3) is 4.22. The quantitative estimate of drug-likeness (QED) is 0.746. The molecule has 0 aromatic heterocycles. The fourth-order valence-corrected chi connectivity index (χ4v) is 4.51. The third-order valence-electron chi connectivity index (χ3n) is 3.42. The zero-order valence-corrected chi connectivity index (χ0v) is 13.5. The van der Waals surface area contributed by atoms with E-state index < -0.39 is 20.9 Å². The van der Waals surface area contributed by atoms with Gasteiger partial charge < -0.3 is 4.43 Å². The van der Waals surface area contributed by atoms with E-state index in [1.807, 2.05) is 60.7 Å². The molecular formula is C17H20F2OSi. The largest absolute Gasteiger partial charge is 0.410 e. The normalized spacial score (nSPS) is 12.1. The molecule has 2 rings (SSSR count). The molecule has 0 amide bonds. The molecule has 0 bridgehead atoms. The van der Waals surface area contributed by atoms with Crippen molar-refractivity contribution in [2.45, 2.75) is 20.3 Å². The molecule has 0 aliphatic rings. The van der Waals surface area contributed by atoms with E-state index in [0.717, 1.165) is 10.4 Å². The van der Waals surface area contributed by atoms with Gasteiger partial charge in [-0.25, -0.2) is 8.78 Å². The molecule has 0 N–H and O–H groups in total. The number of halogens is 2. The average Bonchev–Trinajstić information content (AvgIpc) is 2.49. The molecule has 0 saturated carbocycles. The van der Waals surface area contributed by atoms with Crippen LogP contribution in [0.5, 0.6) is 0 Å². The Morgan fingerprint density at radius 3 is 1.71 bits per heavy atom. The first-order valence-corrected chi connectivity index (χ1v) is 8.63. The molecular weight excluding hydrogens is 286 g/mol. The minimum absolute atomic E-state index is 0.0609. The first-order chi connectivity index (χ1) is 10.0. The van der Waals surface area contributed by atoms with Crippen molar-refractivity contribution in [2.75, 3.05) is 6.61 Å². The summed E-state index contributed by atoms with van der Waals surface area (Å²) in [6, 6.07) is 19.8. The van der Waals surface area contributed by atoms with Crippen LogP contribution in [0.4, 0.5) is 8.78 Å². The Bertz CT molecular complexity index is 504. The van der Waals surface area contributed by atoms with Gasteiger partial charge in [0.25, 0.3) is 0 Å². The van der Waals surface area contributed by atoms with Crippen molar-refractivity contribution in [3.63, 3.8) is 0 Å². The molecule has 0 saturated heterocycles. The van der Waals surface area contributed by atoms with Crippen LogP contribution >= 0.6 is 0 Å². The van der Waals surface area contributed by atoms with Crippen LogP contribution in [-0.4, -0.2) is 22.1 Å². The van der Waals surface area contributed by atoms with Crippen molar-refractivity contribution in [1.82, 2.24) is 0 Å². The summed E-state index contributed by atoms with van der Waals surface area (Å²) < 4.78 is 32.0. The van der Waals surface area contributed by atoms with Crippen LogP contribution in [-0.2, 0) is 4.43 Å². The first-order valence-electron chi connectivity index (χ1n) is 7.00. The minimum atomic E-state index is -2.39. The van der Waals surface area contributed by atoms with E-state index in [1.165, 1.54) is 0 Å². The van der Waals surface area contributed by atoms with Gasteiger partial charge in [0.05, 0.1) is 0 Å². The van der Waals surface area contributed by atoms with Crippen molar-refractivity contribution < 1.29 is 13.2 Å². The lowest BCUT2D eigenvalue weighted by Gasteiger charge is -2.27. The van der Waals surface area contributed by atoms with E-state index >= 15 is 0 Å². The Balaban J connectivity index is 2.22. The number of benzene rings is 2. The van der Waals surface area contributed by atoms with Crippen LogP contribution in [0.3, 0.4) is 0 Å². The van der Waals surface area contributed by atoms with Crippen LogP contribution in [0.1, 0.15) is 13.8 Å². The van der Waals surface area contributed by atoms with E-state index in [-0.39, 0.29) is 6.61 Å². The predicted octanol–water partition coefficient (Wildman–Crippen LogP) is 2.83. The van der Waals surface area contributed by atoms with E-state index in [9.17, 15) is 8.78 Å². The first kappa shape index (κ1) is 15.9. The van der Waals surface area contributed by atoms with Gasteiger partial charge in [0.2, 0.25) is 15.5 Å². The smallest absolute Gasteiger partial charge is 0.245 e. The zero-order valence-electron chi connectivity index (χ0n) is 12.3. The van der Waals surface area contributed by atoms with Gasteiger partial charge in [-0.15, -0.1) is 0 Å². The molecule has 2 aromatic rings. The highest BCUT2D eigenvalue weighted by molar-refractivity contribution is 6.80. The lowest BCUT2D eigenvalue weighted by atomic mass is 9.96. The molecule has 1 nitrogen and oxygen atoms in total. The lowest BCUT2D eigenvalue weighted by molar-refractivity contribution is -0.0103. The molecule has 0 atom stereocenters. The highest BCUT2D eigenvalue weighted by atomic mass is 28.3. The second kappa shape index (κ2) is 6.96. The molecule has 2 aromatic carbocycles. The number of alkyl halides is 2. The van der Waals surface area contributed by atoms with Gasteiger partial charge >= 0.3 is 0 Å². The fourth-order valence-electron chi connectivity index (χ4n) is 2.00. The second-order valence-electron chi connectivity index (χ2n) is 5.80. The van der Waals surface area contributed by atoms with Crippen molar-refractivity contribution in [2.24, 2.45) is 5.41 Å². The van der Waals surface area contributed by atoms with Gasteiger partial charge in [-0.2, -0.15) is 0 Å². The lowest BCUT2D eigenvalue weighted by Crippen LogP contribution is -2.47. The standard InChI is InChI=1S/C17H20F2OSi/c1-17(2,16(18)19)13-20-21(14-9-5-3-6-10-14)15-11-7-4-8-12-15/h3-12,16,21H,13H2,1-2H3. The number of rotatable bonds is 6. The molecule has 0 heterocycles. The zero-order chi connectivity index (χ0) is 15.3. The summed E-state index contributed by atoms with van der Waals surface area (Å²) in [4.78, 5) is 0. The molecule has 4 heteroatoms. The molecule has 0 radical (unpaired) electrons. The van der Waals surface area contributed by atoms with E-state index in [2.05, 4.69) is 0 Å². The van der Waals surface area contributed by atoms with E-state index in [1.54, 1.807) is 13.8 Å². The SMILES string of the molecule is CC(C)(CO[SiH](c1ccccc1)c1ccccc1)C(F)F. The maximum atomic E-state index is 13.0. The molecule has 112 valence electrons. The maximum absolute atomic E-state index is 13.0.